The van der Waals surface area contributed by atoms with Crippen molar-refractivity contribution in [1.29, 1.82) is 0 Å². The fraction of sp³-hybridized carbons (Fsp3) is 0.429. The van der Waals surface area contributed by atoms with Crippen LogP contribution in [0.15, 0.2) is 23.3 Å². The smallest absolute Gasteiger partial charge is 0.248 e. The van der Waals surface area contributed by atoms with Gasteiger partial charge in [-0.2, -0.15) is 0 Å². The van der Waals surface area contributed by atoms with Gasteiger partial charge in [0.15, 0.2) is 0 Å². The number of allylic oxidation sites excluding steroid dienone is 1. The lowest BCUT2D eigenvalue weighted by molar-refractivity contribution is -0.402. The van der Waals surface area contributed by atoms with E-state index in [1.54, 1.807) is 6.26 Å². The number of thioether (sulfide) groups is 1. The van der Waals surface area contributed by atoms with Gasteiger partial charge < -0.3 is 0 Å². The Balaban J connectivity index is 4.39. The maximum absolute atomic E-state index is 10.1. The third-order valence-electron chi connectivity index (χ3n) is 1.22. The van der Waals surface area contributed by atoms with Crippen LogP contribution in [0.3, 0.4) is 0 Å². The van der Waals surface area contributed by atoms with Gasteiger partial charge in [-0.25, -0.2) is 0 Å². The Labute approximate surface area is 70.3 Å². The first-order chi connectivity index (χ1) is 5.11. The van der Waals surface area contributed by atoms with Gasteiger partial charge in [-0.1, -0.05) is 13.5 Å². The molecule has 0 unspecified atom stereocenters. The molecule has 62 valence electrons. The monoisotopic (exact) mass is 173 g/mol. The van der Waals surface area contributed by atoms with Crippen LogP contribution in [0, 0.1) is 10.1 Å². The van der Waals surface area contributed by atoms with Crippen LogP contribution in [0.4, 0.5) is 0 Å². The van der Waals surface area contributed by atoms with Crippen molar-refractivity contribution in [3.63, 3.8) is 0 Å². The van der Waals surface area contributed by atoms with Crippen molar-refractivity contribution in [3.8, 4) is 0 Å². The van der Waals surface area contributed by atoms with Crippen molar-refractivity contribution in [2.75, 3.05) is 6.26 Å². The number of hydrogen-bond acceptors (Lipinski definition) is 3. The molecule has 0 amide bonds. The molecule has 0 aromatic heterocycles. The molecule has 0 saturated carbocycles. The summed E-state index contributed by atoms with van der Waals surface area (Å²) in [5.41, 5.74) is 0.814. The largest absolute Gasteiger partial charge is 0.259 e. The molecule has 0 aromatic carbocycles. The van der Waals surface area contributed by atoms with Crippen molar-refractivity contribution in [1.82, 2.24) is 0 Å². The fourth-order valence-electron chi connectivity index (χ4n) is 0.558. The van der Waals surface area contributed by atoms with Gasteiger partial charge in [-0.15, -0.1) is 11.8 Å². The summed E-state index contributed by atoms with van der Waals surface area (Å²) in [6, 6.07) is 0. The van der Waals surface area contributed by atoms with Crippen LogP contribution in [0.5, 0.6) is 0 Å². The Hall–Kier alpha value is -0.770. The predicted octanol–water partition coefficient (Wildman–Crippen LogP) is 2.43. The summed E-state index contributed by atoms with van der Waals surface area (Å²) in [5, 5.41) is 10.1. The molecular formula is C7H11NO2S. The lowest BCUT2D eigenvalue weighted by Crippen LogP contribution is -1.89. The van der Waals surface area contributed by atoms with Gasteiger partial charge >= 0.3 is 0 Å². The first-order valence-corrected chi connectivity index (χ1v) is 4.41. The lowest BCUT2D eigenvalue weighted by Gasteiger charge is -2.00. The SMILES string of the molecule is C=C(CC)/C(=C/[N+](=O)[O-])SC. The van der Waals surface area contributed by atoms with Gasteiger partial charge in [-0.3, -0.25) is 10.1 Å². The molecule has 11 heavy (non-hydrogen) atoms. The van der Waals surface area contributed by atoms with Gasteiger partial charge in [0.05, 0.1) is 9.83 Å². The number of nitro groups is 1. The molecule has 0 radical (unpaired) electrons. The quantitative estimate of drug-likeness (QED) is 0.372. The molecule has 0 aliphatic rings. The van der Waals surface area contributed by atoms with Crippen molar-refractivity contribution < 1.29 is 4.92 Å². The molecule has 3 nitrogen and oxygen atoms in total. The Morgan fingerprint density at radius 1 is 1.82 bits per heavy atom. The average Bonchev–Trinajstić information content (AvgIpc) is 1.98. The molecule has 0 atom stereocenters. The van der Waals surface area contributed by atoms with Crippen LogP contribution >= 0.6 is 11.8 Å². The van der Waals surface area contributed by atoms with E-state index in [0.717, 1.165) is 18.2 Å². The molecular weight excluding hydrogens is 162 g/mol. The molecule has 0 saturated heterocycles. The Bertz CT molecular complexity index is 199. The third-order valence-corrected chi connectivity index (χ3v) is 2.05. The molecule has 0 rings (SSSR count). The molecule has 0 aromatic rings. The maximum atomic E-state index is 10.1. The summed E-state index contributed by atoms with van der Waals surface area (Å²) in [6.07, 6.45) is 3.55. The predicted molar refractivity (Wildman–Crippen MR) is 48.0 cm³/mol. The van der Waals surface area contributed by atoms with Crippen molar-refractivity contribution in [3.05, 3.63) is 33.4 Å². The highest BCUT2D eigenvalue weighted by Gasteiger charge is 2.03. The van der Waals surface area contributed by atoms with Crippen LogP contribution in [0.25, 0.3) is 0 Å². The molecule has 0 N–H and O–H groups in total. The molecule has 4 heteroatoms. The second kappa shape index (κ2) is 4.96. The van der Waals surface area contributed by atoms with E-state index < -0.39 is 4.92 Å². The van der Waals surface area contributed by atoms with E-state index in [-0.39, 0.29) is 0 Å². The van der Waals surface area contributed by atoms with E-state index in [9.17, 15) is 10.1 Å². The molecule has 0 aliphatic heterocycles. The van der Waals surface area contributed by atoms with Gasteiger partial charge in [-0.05, 0) is 18.2 Å². The summed E-state index contributed by atoms with van der Waals surface area (Å²) >= 11 is 1.35. The Morgan fingerprint density at radius 3 is 2.64 bits per heavy atom. The van der Waals surface area contributed by atoms with Crippen molar-refractivity contribution >= 4 is 11.8 Å². The summed E-state index contributed by atoms with van der Waals surface area (Å²) in [5.74, 6) is 0. The average molecular weight is 173 g/mol. The Morgan fingerprint density at radius 2 is 2.36 bits per heavy atom. The number of hydrogen-bond donors (Lipinski definition) is 0. The highest BCUT2D eigenvalue weighted by atomic mass is 32.2. The topological polar surface area (TPSA) is 43.1 Å². The molecule has 0 spiro atoms. The van der Waals surface area contributed by atoms with Gasteiger partial charge in [0, 0.05) is 0 Å². The molecule has 0 aliphatic carbocycles. The zero-order chi connectivity index (χ0) is 8.85. The van der Waals surface area contributed by atoms with Crippen molar-refractivity contribution in [2.24, 2.45) is 0 Å². The van der Waals surface area contributed by atoms with Crippen LogP contribution < -0.4 is 0 Å². The van der Waals surface area contributed by atoms with E-state index in [2.05, 4.69) is 6.58 Å². The van der Waals surface area contributed by atoms with E-state index >= 15 is 0 Å². The van der Waals surface area contributed by atoms with Crippen LogP contribution in [0.2, 0.25) is 0 Å². The maximum Gasteiger partial charge on any atom is 0.248 e. The van der Waals surface area contributed by atoms with Gasteiger partial charge in [0.2, 0.25) is 6.20 Å². The van der Waals surface area contributed by atoms with Crippen molar-refractivity contribution in [2.45, 2.75) is 13.3 Å². The molecule has 0 heterocycles. The number of rotatable bonds is 4. The van der Waals surface area contributed by atoms with E-state index in [1.165, 1.54) is 11.8 Å². The first kappa shape index (κ1) is 10.2. The van der Waals surface area contributed by atoms with E-state index in [0.29, 0.717) is 4.91 Å². The van der Waals surface area contributed by atoms with Gasteiger partial charge in [0.1, 0.15) is 0 Å². The fourth-order valence-corrected chi connectivity index (χ4v) is 1.18. The summed E-state index contributed by atoms with van der Waals surface area (Å²) in [4.78, 5) is 10.3. The zero-order valence-corrected chi connectivity index (χ0v) is 7.48. The summed E-state index contributed by atoms with van der Waals surface area (Å²) in [7, 11) is 0. The lowest BCUT2D eigenvalue weighted by atomic mass is 10.2. The normalized spacial score (nSPS) is 11.3. The van der Waals surface area contributed by atoms with Gasteiger partial charge in [0.25, 0.3) is 0 Å². The zero-order valence-electron chi connectivity index (χ0n) is 6.66. The highest BCUT2D eigenvalue weighted by Crippen LogP contribution is 2.21. The van der Waals surface area contributed by atoms with Crippen LogP contribution in [-0.4, -0.2) is 11.2 Å². The second-order valence-corrected chi connectivity index (χ2v) is 2.79. The minimum Gasteiger partial charge on any atom is -0.259 e. The third kappa shape index (κ3) is 3.83. The van der Waals surface area contributed by atoms with Crippen LogP contribution in [0.1, 0.15) is 13.3 Å². The number of nitrogens with zero attached hydrogens (tertiary/aromatic N) is 1. The van der Waals surface area contributed by atoms with E-state index in [1.807, 2.05) is 6.92 Å². The molecule has 0 bridgehead atoms. The Kier molecular flexibility index (Phi) is 4.61. The first-order valence-electron chi connectivity index (χ1n) is 3.19. The summed E-state index contributed by atoms with van der Waals surface area (Å²) in [6.45, 7) is 5.63. The summed E-state index contributed by atoms with van der Waals surface area (Å²) < 4.78 is 0. The minimum atomic E-state index is -0.452. The molecule has 0 fully saturated rings. The minimum absolute atomic E-state index is 0.452. The van der Waals surface area contributed by atoms with Crippen LogP contribution in [-0.2, 0) is 0 Å². The highest BCUT2D eigenvalue weighted by molar-refractivity contribution is 8.02. The van der Waals surface area contributed by atoms with E-state index in [4.69, 9.17) is 0 Å². The standard InChI is InChI=1S/C7H11NO2S/c1-4-6(2)7(11-3)5-8(9)10/h5H,2,4H2,1,3H3/b7-5-. The second-order valence-electron chi connectivity index (χ2n) is 1.94.